The monoisotopic (exact) mass is 394 g/mol. The number of rotatable bonds is 5. The molecule has 0 fully saturated rings. The number of carbonyl (C=O) groups excluding carboxylic acids is 1. The van der Waals surface area contributed by atoms with Crippen molar-refractivity contribution in [1.82, 2.24) is 20.0 Å². The Hall–Kier alpha value is -3.45. The predicted molar refractivity (Wildman–Crippen MR) is 102 cm³/mol. The van der Waals surface area contributed by atoms with E-state index in [0.717, 1.165) is 11.3 Å². The average molecular weight is 395 g/mol. The summed E-state index contributed by atoms with van der Waals surface area (Å²) in [4.78, 5) is 12.7. The number of aryl methyl sites for hydroxylation is 1. The molecule has 2 aromatic carbocycles. The van der Waals surface area contributed by atoms with Gasteiger partial charge in [-0.3, -0.25) is 0 Å². The maximum atomic E-state index is 12.7. The summed E-state index contributed by atoms with van der Waals surface area (Å²) in [7, 11) is 0. The number of carbonyl (C=O) groups is 1. The first-order chi connectivity index (χ1) is 13.6. The first-order valence-electron chi connectivity index (χ1n) is 8.48. The van der Waals surface area contributed by atoms with Gasteiger partial charge in [-0.1, -0.05) is 41.9 Å². The van der Waals surface area contributed by atoms with E-state index in [9.17, 15) is 4.79 Å². The van der Waals surface area contributed by atoms with E-state index in [-0.39, 0.29) is 18.2 Å². The van der Waals surface area contributed by atoms with Crippen molar-refractivity contribution in [2.24, 2.45) is 0 Å². The Bertz CT molecular complexity index is 1100. The summed E-state index contributed by atoms with van der Waals surface area (Å²) in [6.07, 6.45) is 0. The summed E-state index contributed by atoms with van der Waals surface area (Å²) in [5.41, 5.74) is 2.48. The van der Waals surface area contributed by atoms with Crippen LogP contribution in [0.5, 0.6) is 0 Å². The lowest BCUT2D eigenvalue weighted by atomic mass is 10.1. The highest BCUT2D eigenvalue weighted by Gasteiger charge is 2.20. The molecule has 0 aliphatic carbocycles. The highest BCUT2D eigenvalue weighted by molar-refractivity contribution is 6.30. The van der Waals surface area contributed by atoms with Crippen LogP contribution in [-0.4, -0.2) is 25.9 Å². The lowest BCUT2D eigenvalue weighted by Crippen LogP contribution is -2.12. The minimum atomic E-state index is -0.549. The summed E-state index contributed by atoms with van der Waals surface area (Å²) >= 11 is 5.96. The van der Waals surface area contributed by atoms with E-state index in [2.05, 4.69) is 15.3 Å². The van der Waals surface area contributed by atoms with Gasteiger partial charge in [0.2, 0.25) is 5.89 Å². The fraction of sp³-hybridized carbons (Fsp3) is 0.100. The number of para-hydroxylation sites is 1. The van der Waals surface area contributed by atoms with Crippen molar-refractivity contribution in [3.8, 4) is 16.9 Å². The molecule has 0 unspecified atom stereocenters. The van der Waals surface area contributed by atoms with Gasteiger partial charge in [0.1, 0.15) is 0 Å². The number of esters is 1. The van der Waals surface area contributed by atoms with E-state index in [1.54, 1.807) is 29.8 Å². The van der Waals surface area contributed by atoms with E-state index in [0.29, 0.717) is 16.6 Å². The fourth-order valence-corrected chi connectivity index (χ4v) is 2.78. The molecule has 0 amide bonds. The average Bonchev–Trinajstić information content (AvgIpc) is 3.34. The molecule has 0 saturated heterocycles. The molecule has 7 nitrogen and oxygen atoms in total. The van der Waals surface area contributed by atoms with Crippen LogP contribution in [0.1, 0.15) is 22.3 Å². The third-order valence-corrected chi connectivity index (χ3v) is 4.21. The van der Waals surface area contributed by atoms with Crippen molar-refractivity contribution in [1.29, 1.82) is 0 Å². The molecule has 0 aliphatic heterocycles. The first kappa shape index (κ1) is 17.9. The molecule has 0 saturated carbocycles. The summed E-state index contributed by atoms with van der Waals surface area (Å²) in [5, 5.41) is 12.7. The van der Waals surface area contributed by atoms with Gasteiger partial charge in [-0.2, -0.15) is 5.10 Å². The first-order valence-corrected chi connectivity index (χ1v) is 8.85. The number of hydrogen-bond acceptors (Lipinski definition) is 6. The number of benzene rings is 2. The van der Waals surface area contributed by atoms with Gasteiger partial charge in [-0.25, -0.2) is 9.48 Å². The predicted octanol–water partition coefficient (Wildman–Crippen LogP) is 4.24. The second-order valence-corrected chi connectivity index (χ2v) is 6.40. The number of nitrogens with zero attached hydrogens (tertiary/aromatic N) is 4. The van der Waals surface area contributed by atoms with Crippen molar-refractivity contribution < 1.29 is 13.9 Å². The fourth-order valence-electron chi connectivity index (χ4n) is 2.65. The minimum Gasteiger partial charge on any atom is -0.451 e. The Morgan fingerprint density at radius 1 is 1.11 bits per heavy atom. The highest BCUT2D eigenvalue weighted by Crippen LogP contribution is 2.24. The van der Waals surface area contributed by atoms with Crippen LogP contribution in [0.2, 0.25) is 5.02 Å². The number of aromatic nitrogens is 4. The molecule has 8 heteroatoms. The van der Waals surface area contributed by atoms with Crippen molar-refractivity contribution in [3.63, 3.8) is 0 Å². The molecule has 4 aromatic rings. The van der Waals surface area contributed by atoms with Gasteiger partial charge in [0.25, 0.3) is 5.89 Å². The van der Waals surface area contributed by atoms with Crippen LogP contribution in [0.15, 0.2) is 65.1 Å². The van der Waals surface area contributed by atoms with E-state index in [4.69, 9.17) is 20.8 Å². The van der Waals surface area contributed by atoms with E-state index in [1.807, 2.05) is 42.5 Å². The van der Waals surface area contributed by atoms with E-state index < -0.39 is 5.97 Å². The zero-order chi connectivity index (χ0) is 19.5. The number of ether oxygens (including phenoxy) is 1. The molecule has 0 N–H and O–H groups in total. The Morgan fingerprint density at radius 3 is 2.54 bits per heavy atom. The summed E-state index contributed by atoms with van der Waals surface area (Å²) in [5.74, 6) is 0.0902. The largest absolute Gasteiger partial charge is 0.451 e. The second-order valence-electron chi connectivity index (χ2n) is 5.96. The SMILES string of the molecule is Cc1nnc(COC(=O)c2cc(-c3ccc(Cl)cc3)nn2-c2ccccc2)o1. The molecular formula is C20H15ClN4O3. The Balaban J connectivity index is 1.67. The molecule has 2 aromatic heterocycles. The quantitative estimate of drug-likeness (QED) is 0.471. The van der Waals surface area contributed by atoms with Crippen molar-refractivity contribution in [2.75, 3.05) is 0 Å². The molecular weight excluding hydrogens is 380 g/mol. The van der Waals surface area contributed by atoms with Crippen LogP contribution >= 0.6 is 11.6 Å². The molecule has 28 heavy (non-hydrogen) atoms. The van der Waals surface area contributed by atoms with Crippen LogP contribution in [0.3, 0.4) is 0 Å². The zero-order valence-electron chi connectivity index (χ0n) is 14.9. The van der Waals surface area contributed by atoms with Crippen LogP contribution in [0.25, 0.3) is 16.9 Å². The van der Waals surface area contributed by atoms with E-state index >= 15 is 0 Å². The van der Waals surface area contributed by atoms with Gasteiger partial charge in [0.15, 0.2) is 12.3 Å². The van der Waals surface area contributed by atoms with Crippen LogP contribution in [0, 0.1) is 6.92 Å². The normalized spacial score (nSPS) is 10.8. The molecule has 0 radical (unpaired) electrons. The van der Waals surface area contributed by atoms with Crippen molar-refractivity contribution in [2.45, 2.75) is 13.5 Å². The number of hydrogen-bond donors (Lipinski definition) is 0. The van der Waals surface area contributed by atoms with E-state index in [1.165, 1.54) is 0 Å². The second kappa shape index (κ2) is 7.66. The summed E-state index contributed by atoms with van der Waals surface area (Å²) < 4.78 is 12.1. The molecule has 2 heterocycles. The molecule has 0 aliphatic rings. The molecule has 0 bridgehead atoms. The van der Waals surface area contributed by atoms with Crippen LogP contribution < -0.4 is 0 Å². The number of halogens is 1. The Labute approximate surface area is 165 Å². The van der Waals surface area contributed by atoms with Crippen molar-refractivity contribution >= 4 is 17.6 Å². The molecule has 140 valence electrons. The Kier molecular flexibility index (Phi) is 4.90. The maximum absolute atomic E-state index is 12.7. The van der Waals surface area contributed by atoms with Crippen LogP contribution in [-0.2, 0) is 11.3 Å². The minimum absolute atomic E-state index is 0.115. The smallest absolute Gasteiger partial charge is 0.357 e. The van der Waals surface area contributed by atoms with Gasteiger partial charge in [0.05, 0.1) is 11.4 Å². The van der Waals surface area contributed by atoms with Crippen molar-refractivity contribution in [3.05, 3.63) is 83.2 Å². The van der Waals surface area contributed by atoms with Gasteiger partial charge >= 0.3 is 5.97 Å². The molecule has 0 atom stereocenters. The van der Waals surface area contributed by atoms with Gasteiger partial charge in [-0.05, 0) is 30.3 Å². The lowest BCUT2D eigenvalue weighted by molar-refractivity contribution is 0.0426. The van der Waals surface area contributed by atoms with Gasteiger partial charge in [0, 0.05) is 17.5 Å². The van der Waals surface area contributed by atoms with Gasteiger partial charge < -0.3 is 9.15 Å². The maximum Gasteiger partial charge on any atom is 0.357 e. The molecule has 4 rings (SSSR count). The van der Waals surface area contributed by atoms with Gasteiger partial charge in [-0.15, -0.1) is 10.2 Å². The third kappa shape index (κ3) is 3.79. The van der Waals surface area contributed by atoms with Crippen LogP contribution in [0.4, 0.5) is 0 Å². The lowest BCUT2D eigenvalue weighted by Gasteiger charge is -2.06. The summed E-state index contributed by atoms with van der Waals surface area (Å²) in [6, 6.07) is 18.3. The third-order valence-electron chi connectivity index (χ3n) is 3.95. The zero-order valence-corrected chi connectivity index (χ0v) is 15.6. The topological polar surface area (TPSA) is 83.0 Å². The standard InChI is InChI=1S/C20H15ClN4O3/c1-13-22-23-19(28-13)12-27-20(26)18-11-17(14-7-9-15(21)10-8-14)24-25(18)16-5-3-2-4-6-16/h2-11H,12H2,1H3. The Morgan fingerprint density at radius 2 is 1.86 bits per heavy atom. The summed E-state index contributed by atoms with van der Waals surface area (Å²) in [6.45, 7) is 1.55. The highest BCUT2D eigenvalue weighted by atomic mass is 35.5. The molecule has 0 spiro atoms.